The van der Waals surface area contributed by atoms with Crippen LogP contribution in [0.3, 0.4) is 0 Å². The summed E-state index contributed by atoms with van der Waals surface area (Å²) >= 11 is 7.85. The lowest BCUT2D eigenvalue weighted by Crippen LogP contribution is -2.50. The lowest BCUT2D eigenvalue weighted by atomic mass is 9.85. The second-order valence-corrected chi connectivity index (χ2v) is 6.45. The predicted octanol–water partition coefficient (Wildman–Crippen LogP) is 5.03. The van der Waals surface area contributed by atoms with Crippen molar-refractivity contribution in [3.63, 3.8) is 0 Å². The standard InChI is InChI=1S/C17H18ClNO2S.ClH/c1-3-10-17(16(20)21,13-7-4-5-8-14(13)18)19-12(2)15-9-6-11-22-15;/h3-9,11-12,19H,1,10H2,2H3,(H,20,21);1H. The first-order valence-electron chi connectivity index (χ1n) is 6.91. The summed E-state index contributed by atoms with van der Waals surface area (Å²) in [6.45, 7) is 5.66. The van der Waals surface area contributed by atoms with Gasteiger partial charge in [0.05, 0.1) is 0 Å². The van der Waals surface area contributed by atoms with Gasteiger partial charge in [-0.25, -0.2) is 4.79 Å². The molecule has 0 spiro atoms. The van der Waals surface area contributed by atoms with E-state index in [-0.39, 0.29) is 24.9 Å². The Morgan fingerprint density at radius 2 is 2.13 bits per heavy atom. The number of hydrogen-bond acceptors (Lipinski definition) is 3. The number of halogens is 2. The zero-order valence-corrected chi connectivity index (χ0v) is 15.0. The molecule has 1 heterocycles. The quantitative estimate of drug-likeness (QED) is 0.670. The zero-order chi connectivity index (χ0) is 16.2. The molecule has 0 bridgehead atoms. The maximum Gasteiger partial charge on any atom is 0.328 e. The Morgan fingerprint density at radius 1 is 1.43 bits per heavy atom. The first-order chi connectivity index (χ1) is 10.5. The third-order valence-corrected chi connectivity index (χ3v) is 4.97. The average molecular weight is 372 g/mol. The zero-order valence-electron chi connectivity index (χ0n) is 12.7. The van der Waals surface area contributed by atoms with Gasteiger partial charge < -0.3 is 5.11 Å². The monoisotopic (exact) mass is 371 g/mol. The summed E-state index contributed by atoms with van der Waals surface area (Å²) in [6.07, 6.45) is 1.84. The molecule has 0 saturated heterocycles. The summed E-state index contributed by atoms with van der Waals surface area (Å²) in [6, 6.07) is 10.8. The van der Waals surface area contributed by atoms with Gasteiger partial charge in [0, 0.05) is 21.5 Å². The first kappa shape index (κ1) is 19.7. The molecule has 0 aliphatic heterocycles. The number of thiophene rings is 1. The van der Waals surface area contributed by atoms with E-state index in [4.69, 9.17) is 11.6 Å². The largest absolute Gasteiger partial charge is 0.480 e. The molecule has 3 nitrogen and oxygen atoms in total. The Labute approximate surface area is 151 Å². The van der Waals surface area contributed by atoms with Crippen LogP contribution < -0.4 is 5.32 Å². The van der Waals surface area contributed by atoms with Gasteiger partial charge in [-0.05, 0) is 30.9 Å². The number of nitrogens with one attached hydrogen (secondary N) is 1. The summed E-state index contributed by atoms with van der Waals surface area (Å²) in [5.74, 6) is -0.969. The van der Waals surface area contributed by atoms with Crippen molar-refractivity contribution >= 4 is 41.3 Å². The molecule has 1 aromatic heterocycles. The summed E-state index contributed by atoms with van der Waals surface area (Å²) < 4.78 is 0. The normalized spacial score (nSPS) is 14.3. The van der Waals surface area contributed by atoms with Crippen molar-refractivity contribution in [1.29, 1.82) is 0 Å². The van der Waals surface area contributed by atoms with Gasteiger partial charge in [-0.15, -0.1) is 30.3 Å². The van der Waals surface area contributed by atoms with Crippen molar-refractivity contribution in [2.75, 3.05) is 0 Å². The van der Waals surface area contributed by atoms with Gasteiger partial charge in [-0.3, -0.25) is 5.32 Å². The molecule has 0 aliphatic rings. The van der Waals surface area contributed by atoms with Crippen molar-refractivity contribution in [3.8, 4) is 0 Å². The molecule has 6 heteroatoms. The van der Waals surface area contributed by atoms with Gasteiger partial charge in [0.25, 0.3) is 0 Å². The first-order valence-corrected chi connectivity index (χ1v) is 8.17. The Kier molecular flexibility index (Phi) is 7.29. The van der Waals surface area contributed by atoms with Crippen LogP contribution in [0.1, 0.15) is 29.8 Å². The maximum atomic E-state index is 12.1. The van der Waals surface area contributed by atoms with Gasteiger partial charge in [-0.2, -0.15) is 0 Å². The van der Waals surface area contributed by atoms with E-state index in [0.717, 1.165) is 4.88 Å². The van der Waals surface area contributed by atoms with Crippen LogP contribution >= 0.6 is 35.3 Å². The minimum Gasteiger partial charge on any atom is -0.480 e. The number of carboxylic acids is 1. The Bertz CT molecular complexity index is 660. The number of hydrogen-bond donors (Lipinski definition) is 2. The van der Waals surface area contributed by atoms with Crippen LogP contribution in [0.25, 0.3) is 0 Å². The highest BCUT2D eigenvalue weighted by molar-refractivity contribution is 7.10. The molecule has 0 radical (unpaired) electrons. The van der Waals surface area contributed by atoms with Crippen molar-refractivity contribution < 1.29 is 9.90 Å². The summed E-state index contributed by atoms with van der Waals surface area (Å²) in [5, 5.41) is 15.6. The summed E-state index contributed by atoms with van der Waals surface area (Å²) in [7, 11) is 0. The topological polar surface area (TPSA) is 49.3 Å². The maximum absolute atomic E-state index is 12.1. The van der Waals surface area contributed by atoms with Gasteiger partial charge in [0.1, 0.15) is 5.54 Å². The van der Waals surface area contributed by atoms with Crippen LogP contribution in [0, 0.1) is 0 Å². The predicted molar refractivity (Wildman–Crippen MR) is 98.7 cm³/mol. The van der Waals surface area contributed by atoms with E-state index in [1.807, 2.05) is 24.4 Å². The van der Waals surface area contributed by atoms with E-state index < -0.39 is 11.5 Å². The number of rotatable bonds is 7. The fourth-order valence-electron chi connectivity index (χ4n) is 2.51. The van der Waals surface area contributed by atoms with Gasteiger partial charge in [0.15, 0.2) is 0 Å². The smallest absolute Gasteiger partial charge is 0.328 e. The molecule has 0 fully saturated rings. The Balaban J connectivity index is 0.00000264. The highest BCUT2D eigenvalue weighted by atomic mass is 35.5. The molecule has 0 amide bonds. The number of carbonyl (C=O) groups is 1. The number of benzene rings is 1. The van der Waals surface area contributed by atoms with Crippen molar-refractivity contribution in [3.05, 3.63) is 69.9 Å². The average Bonchev–Trinajstić information content (AvgIpc) is 3.01. The lowest BCUT2D eigenvalue weighted by molar-refractivity contribution is -0.145. The molecule has 124 valence electrons. The molecular weight excluding hydrogens is 353 g/mol. The molecule has 0 saturated carbocycles. The Morgan fingerprint density at radius 3 is 2.65 bits per heavy atom. The van der Waals surface area contributed by atoms with Crippen molar-refractivity contribution in [1.82, 2.24) is 5.32 Å². The molecule has 2 aromatic rings. The van der Waals surface area contributed by atoms with E-state index >= 15 is 0 Å². The van der Waals surface area contributed by atoms with Crippen LogP contribution in [0.2, 0.25) is 5.02 Å². The van der Waals surface area contributed by atoms with E-state index in [9.17, 15) is 9.90 Å². The fourth-order valence-corrected chi connectivity index (χ4v) is 3.54. The van der Waals surface area contributed by atoms with Crippen LogP contribution in [0.15, 0.2) is 54.4 Å². The van der Waals surface area contributed by atoms with Gasteiger partial charge >= 0.3 is 5.97 Å². The molecule has 1 aromatic carbocycles. The SMILES string of the molecule is C=CCC(NC(C)c1cccs1)(C(=O)O)c1ccccc1Cl.Cl. The molecular formula is C17H19Cl2NO2S. The third-order valence-electron chi connectivity index (χ3n) is 3.58. The van der Waals surface area contributed by atoms with Crippen LogP contribution in [-0.4, -0.2) is 11.1 Å². The highest BCUT2D eigenvalue weighted by Gasteiger charge is 2.41. The van der Waals surface area contributed by atoms with Crippen LogP contribution in [0.5, 0.6) is 0 Å². The van der Waals surface area contributed by atoms with Crippen molar-refractivity contribution in [2.45, 2.75) is 24.9 Å². The molecule has 2 N–H and O–H groups in total. The molecule has 23 heavy (non-hydrogen) atoms. The fraction of sp³-hybridized carbons (Fsp3) is 0.235. The van der Waals surface area contributed by atoms with Gasteiger partial charge in [-0.1, -0.05) is 41.9 Å². The van der Waals surface area contributed by atoms with E-state index in [2.05, 4.69) is 11.9 Å². The molecule has 2 unspecified atom stereocenters. The highest BCUT2D eigenvalue weighted by Crippen LogP contribution is 2.35. The van der Waals surface area contributed by atoms with Crippen LogP contribution in [0.4, 0.5) is 0 Å². The van der Waals surface area contributed by atoms with E-state index in [0.29, 0.717) is 10.6 Å². The summed E-state index contributed by atoms with van der Waals surface area (Å²) in [5.41, 5.74) is -0.753. The number of carboxylic acid groups (broad SMARTS) is 1. The second-order valence-electron chi connectivity index (χ2n) is 5.06. The minimum atomic E-state index is -1.30. The Hall–Kier alpha value is -1.33. The van der Waals surface area contributed by atoms with Crippen molar-refractivity contribution in [2.24, 2.45) is 0 Å². The lowest BCUT2D eigenvalue weighted by Gasteiger charge is -2.33. The molecule has 2 atom stereocenters. The molecule has 0 aliphatic carbocycles. The van der Waals surface area contributed by atoms with E-state index in [1.165, 1.54) is 0 Å². The number of aliphatic carboxylic acids is 1. The summed E-state index contributed by atoms with van der Waals surface area (Å²) in [4.78, 5) is 13.2. The minimum absolute atomic E-state index is 0. The van der Waals surface area contributed by atoms with Gasteiger partial charge in [0.2, 0.25) is 0 Å². The second kappa shape index (κ2) is 8.50. The van der Waals surface area contributed by atoms with Crippen LogP contribution in [-0.2, 0) is 10.3 Å². The third kappa shape index (κ3) is 4.15. The molecule has 2 rings (SSSR count). The van der Waals surface area contributed by atoms with E-state index in [1.54, 1.807) is 41.7 Å².